The lowest BCUT2D eigenvalue weighted by Gasteiger charge is -2.12. The molecule has 0 spiro atoms. The highest BCUT2D eigenvalue weighted by Gasteiger charge is 2.47. The zero-order valence-electron chi connectivity index (χ0n) is 10.6. The van der Waals surface area contributed by atoms with E-state index in [-0.39, 0.29) is 23.4 Å². The van der Waals surface area contributed by atoms with Gasteiger partial charge in [-0.1, -0.05) is 6.92 Å². The first kappa shape index (κ1) is 13.0. The lowest BCUT2D eigenvalue weighted by Crippen LogP contribution is -2.19. The van der Waals surface area contributed by atoms with Crippen molar-refractivity contribution in [2.45, 2.75) is 51.5 Å². The molecule has 4 nitrogen and oxygen atoms in total. The second-order valence-corrected chi connectivity index (χ2v) is 5.35. The third-order valence-corrected chi connectivity index (χ3v) is 3.29. The molecule has 1 N–H and O–H groups in total. The van der Waals surface area contributed by atoms with Crippen LogP contribution >= 0.6 is 0 Å². The summed E-state index contributed by atoms with van der Waals surface area (Å²) in [4.78, 5) is 11.1. The van der Waals surface area contributed by atoms with Crippen LogP contribution in [0.2, 0.25) is 0 Å². The number of halogens is 2. The maximum Gasteiger partial charge on any atom is 0.290 e. The van der Waals surface area contributed by atoms with Gasteiger partial charge in [0.1, 0.15) is 11.4 Å². The van der Waals surface area contributed by atoms with Gasteiger partial charge in [0.2, 0.25) is 0 Å². The number of carbonyl (C=O) groups excluding carboxylic acids is 1. The van der Waals surface area contributed by atoms with Crippen LogP contribution in [0.25, 0.3) is 0 Å². The fraction of sp³-hybridized carbons (Fsp3) is 0.667. The number of rotatable bonds is 4. The molecule has 100 valence electrons. The average molecular weight is 258 g/mol. The van der Waals surface area contributed by atoms with Gasteiger partial charge in [0.15, 0.2) is 11.5 Å². The molecule has 0 aromatic carbocycles. The molecule has 2 rings (SSSR count). The Balaban J connectivity index is 2.54. The van der Waals surface area contributed by atoms with Crippen molar-refractivity contribution in [2.75, 3.05) is 0 Å². The molecule has 1 fully saturated rings. The van der Waals surface area contributed by atoms with Gasteiger partial charge in [-0.15, -0.1) is 0 Å². The molecule has 1 heterocycles. The van der Waals surface area contributed by atoms with Crippen molar-refractivity contribution in [1.29, 1.82) is 0 Å². The Bertz CT molecular complexity index is 499. The van der Waals surface area contributed by atoms with E-state index in [1.165, 1.54) is 6.92 Å². The summed E-state index contributed by atoms with van der Waals surface area (Å²) in [6.45, 7) is 3.61. The fourth-order valence-corrected chi connectivity index (χ4v) is 2.04. The van der Waals surface area contributed by atoms with Gasteiger partial charge < -0.3 is 5.11 Å². The number of ketones is 1. The van der Waals surface area contributed by atoms with Crippen LogP contribution in [0.15, 0.2) is 0 Å². The zero-order chi connectivity index (χ0) is 13.7. The van der Waals surface area contributed by atoms with Crippen LogP contribution in [0, 0.1) is 0 Å². The topological polar surface area (TPSA) is 55.1 Å². The Morgan fingerprint density at radius 3 is 2.50 bits per heavy atom. The van der Waals surface area contributed by atoms with Crippen LogP contribution in [0.4, 0.5) is 8.78 Å². The maximum absolute atomic E-state index is 13.5. The van der Waals surface area contributed by atoms with E-state index in [1.807, 2.05) is 6.92 Å². The van der Waals surface area contributed by atoms with E-state index >= 15 is 0 Å². The Morgan fingerprint density at radius 1 is 1.56 bits per heavy atom. The van der Waals surface area contributed by atoms with Gasteiger partial charge in [0.05, 0.1) is 6.54 Å². The van der Waals surface area contributed by atoms with E-state index in [0.29, 0.717) is 6.92 Å². The maximum atomic E-state index is 13.5. The molecule has 0 amide bonds. The summed E-state index contributed by atoms with van der Waals surface area (Å²) in [6, 6.07) is 0. The summed E-state index contributed by atoms with van der Waals surface area (Å²) in [5, 5.41) is 14.0. The SMILES string of the molecule is CC(=O)Cn1nc(C2(C)CC2)c(O)c1C(C)(F)F. The second kappa shape index (κ2) is 3.76. The van der Waals surface area contributed by atoms with Crippen molar-refractivity contribution >= 4 is 5.78 Å². The minimum atomic E-state index is -3.23. The van der Waals surface area contributed by atoms with Gasteiger partial charge in [0.25, 0.3) is 5.92 Å². The van der Waals surface area contributed by atoms with Gasteiger partial charge >= 0.3 is 0 Å². The van der Waals surface area contributed by atoms with Gasteiger partial charge in [-0.3, -0.25) is 9.48 Å². The number of alkyl halides is 2. The highest BCUT2D eigenvalue weighted by Crippen LogP contribution is 2.52. The summed E-state index contributed by atoms with van der Waals surface area (Å²) in [5.41, 5.74) is -0.618. The minimum absolute atomic E-state index is 0.248. The summed E-state index contributed by atoms with van der Waals surface area (Å²) in [5.74, 6) is -3.98. The molecule has 1 aliphatic carbocycles. The summed E-state index contributed by atoms with van der Waals surface area (Å²) in [7, 11) is 0. The van der Waals surface area contributed by atoms with Gasteiger partial charge in [-0.05, 0) is 19.8 Å². The molecule has 0 atom stereocenters. The Kier molecular flexibility index (Phi) is 2.72. The quantitative estimate of drug-likeness (QED) is 0.901. The molecule has 6 heteroatoms. The van der Waals surface area contributed by atoms with Crippen molar-refractivity contribution in [3.05, 3.63) is 11.4 Å². The molecule has 0 bridgehead atoms. The van der Waals surface area contributed by atoms with Crippen LogP contribution in [0.3, 0.4) is 0 Å². The summed E-state index contributed by atoms with van der Waals surface area (Å²) in [6.07, 6.45) is 1.62. The molecular weight excluding hydrogens is 242 g/mol. The first-order valence-corrected chi connectivity index (χ1v) is 5.83. The molecule has 1 aromatic heterocycles. The van der Waals surface area contributed by atoms with Crippen molar-refractivity contribution in [3.63, 3.8) is 0 Å². The van der Waals surface area contributed by atoms with E-state index in [0.717, 1.165) is 17.5 Å². The predicted molar refractivity (Wildman–Crippen MR) is 60.7 cm³/mol. The third kappa shape index (κ3) is 2.11. The second-order valence-electron chi connectivity index (χ2n) is 5.35. The lowest BCUT2D eigenvalue weighted by molar-refractivity contribution is -0.117. The number of aromatic nitrogens is 2. The summed E-state index contributed by atoms with van der Waals surface area (Å²) >= 11 is 0. The Morgan fingerprint density at radius 2 is 2.11 bits per heavy atom. The molecule has 0 radical (unpaired) electrons. The lowest BCUT2D eigenvalue weighted by atomic mass is 10.0. The smallest absolute Gasteiger partial charge is 0.290 e. The van der Waals surface area contributed by atoms with E-state index < -0.39 is 17.4 Å². The number of carbonyl (C=O) groups is 1. The van der Waals surface area contributed by atoms with E-state index in [4.69, 9.17) is 0 Å². The highest BCUT2D eigenvalue weighted by molar-refractivity contribution is 5.75. The molecule has 0 aliphatic heterocycles. The predicted octanol–water partition coefficient (Wildman–Crippen LogP) is 2.34. The van der Waals surface area contributed by atoms with Crippen LogP contribution in [0.5, 0.6) is 5.75 Å². The molecule has 1 saturated carbocycles. The van der Waals surface area contributed by atoms with E-state index in [9.17, 15) is 18.7 Å². The first-order valence-electron chi connectivity index (χ1n) is 5.83. The van der Waals surface area contributed by atoms with E-state index in [1.54, 1.807) is 0 Å². The molecule has 18 heavy (non-hydrogen) atoms. The van der Waals surface area contributed by atoms with Gasteiger partial charge in [-0.25, -0.2) is 0 Å². The van der Waals surface area contributed by atoms with Crippen molar-refractivity contribution in [2.24, 2.45) is 0 Å². The number of hydrogen-bond acceptors (Lipinski definition) is 3. The van der Waals surface area contributed by atoms with Gasteiger partial charge in [0, 0.05) is 12.3 Å². The molecular formula is C12H16F2N2O2. The number of Topliss-reactive ketones (excluding diaryl/α,β-unsaturated/α-hetero) is 1. The highest BCUT2D eigenvalue weighted by atomic mass is 19.3. The summed E-state index contributed by atoms with van der Waals surface area (Å²) < 4.78 is 28.0. The van der Waals surface area contributed by atoms with Crippen molar-refractivity contribution in [3.8, 4) is 5.75 Å². The normalized spacial score (nSPS) is 17.8. The number of hydrogen-bond donors (Lipinski definition) is 1. The molecule has 0 unspecified atom stereocenters. The largest absolute Gasteiger partial charge is 0.504 e. The number of aromatic hydroxyl groups is 1. The average Bonchev–Trinajstić information content (AvgIpc) is 2.81. The molecule has 1 aromatic rings. The fourth-order valence-electron chi connectivity index (χ4n) is 2.04. The minimum Gasteiger partial charge on any atom is -0.504 e. The standard InChI is InChI=1S/C12H16F2N2O2/c1-7(17)6-16-10(12(3,13)14)8(18)9(15-16)11(2)4-5-11/h18H,4-6H2,1-3H3. The van der Waals surface area contributed by atoms with Crippen LogP contribution in [0.1, 0.15) is 45.0 Å². The van der Waals surface area contributed by atoms with Crippen molar-refractivity contribution < 1.29 is 18.7 Å². The Labute approximate surface area is 104 Å². The van der Waals surface area contributed by atoms with Crippen LogP contribution in [-0.2, 0) is 22.7 Å². The van der Waals surface area contributed by atoms with E-state index in [2.05, 4.69) is 5.10 Å². The van der Waals surface area contributed by atoms with Crippen molar-refractivity contribution in [1.82, 2.24) is 9.78 Å². The first-order chi connectivity index (χ1) is 8.15. The zero-order valence-corrected chi connectivity index (χ0v) is 10.6. The molecule has 1 aliphatic rings. The molecule has 0 saturated heterocycles. The number of nitrogens with zero attached hydrogens (tertiary/aromatic N) is 2. The monoisotopic (exact) mass is 258 g/mol. The Hall–Kier alpha value is -1.46. The third-order valence-electron chi connectivity index (χ3n) is 3.29. The van der Waals surface area contributed by atoms with Crippen LogP contribution in [-0.4, -0.2) is 20.7 Å². The van der Waals surface area contributed by atoms with Gasteiger partial charge in [-0.2, -0.15) is 13.9 Å². The van der Waals surface area contributed by atoms with Crippen LogP contribution < -0.4 is 0 Å².